The number of thiazole rings is 1. The van der Waals surface area contributed by atoms with E-state index in [4.69, 9.17) is 0 Å². The van der Waals surface area contributed by atoms with Crippen LogP contribution < -0.4 is 5.32 Å². The van der Waals surface area contributed by atoms with Gasteiger partial charge in [-0.1, -0.05) is 47.1 Å². The summed E-state index contributed by atoms with van der Waals surface area (Å²) in [5, 5.41) is 15.4. The molecule has 0 bridgehead atoms. The van der Waals surface area contributed by atoms with Gasteiger partial charge in [-0.15, -0.1) is 11.3 Å². The Morgan fingerprint density at radius 1 is 1.27 bits per heavy atom. The number of aromatic nitrogens is 1. The zero-order chi connectivity index (χ0) is 18.5. The second-order valence-corrected chi connectivity index (χ2v) is 7.64. The number of rotatable bonds is 5. The van der Waals surface area contributed by atoms with E-state index in [0.29, 0.717) is 10.6 Å². The van der Waals surface area contributed by atoms with E-state index in [1.165, 1.54) is 16.9 Å². The van der Waals surface area contributed by atoms with Crippen LogP contribution in [0.4, 0.5) is 5.69 Å². The minimum atomic E-state index is 0.522. The number of anilines is 1. The molecule has 0 atom stereocenters. The second-order valence-electron chi connectivity index (χ2n) is 5.86. The van der Waals surface area contributed by atoms with E-state index in [2.05, 4.69) is 63.5 Å². The molecule has 0 spiro atoms. The third-order valence-electron chi connectivity index (χ3n) is 4.07. The quantitative estimate of drug-likeness (QED) is 0.481. The first-order chi connectivity index (χ1) is 12.6. The van der Waals surface area contributed by atoms with Crippen LogP contribution >= 0.6 is 27.3 Å². The number of nitrogens with one attached hydrogen (secondary N) is 1. The fraction of sp³-hybridized carbons (Fsp3) is 0.143. The van der Waals surface area contributed by atoms with Gasteiger partial charge < -0.3 is 5.32 Å². The van der Waals surface area contributed by atoms with E-state index in [1.807, 2.05) is 30.5 Å². The molecule has 26 heavy (non-hydrogen) atoms. The van der Waals surface area contributed by atoms with Crippen molar-refractivity contribution in [3.8, 4) is 17.3 Å². The number of hydrogen-bond acceptors (Lipinski definition) is 4. The SMILES string of the molecule is CCc1ccc(-c2csc(/C(C#N)=C\Nc3ccc(Br)cc3C)n2)cc1. The molecule has 5 heteroatoms. The Bertz CT molecular complexity index is 981. The Morgan fingerprint density at radius 2 is 2.04 bits per heavy atom. The summed E-state index contributed by atoms with van der Waals surface area (Å²) in [4.78, 5) is 4.64. The summed E-state index contributed by atoms with van der Waals surface area (Å²) in [5.74, 6) is 0. The largest absolute Gasteiger partial charge is 0.360 e. The lowest BCUT2D eigenvalue weighted by molar-refractivity contribution is 1.14. The van der Waals surface area contributed by atoms with E-state index in [9.17, 15) is 5.26 Å². The first-order valence-electron chi connectivity index (χ1n) is 8.29. The smallest absolute Gasteiger partial charge is 0.136 e. The summed E-state index contributed by atoms with van der Waals surface area (Å²) in [5.41, 5.74) is 5.86. The molecule has 0 fully saturated rings. The predicted molar refractivity (Wildman–Crippen MR) is 113 cm³/mol. The number of nitrogens with zero attached hydrogens (tertiary/aromatic N) is 2. The molecule has 1 aromatic heterocycles. The van der Waals surface area contributed by atoms with Gasteiger partial charge in [-0.3, -0.25) is 0 Å². The molecule has 0 aliphatic heterocycles. The van der Waals surface area contributed by atoms with Crippen LogP contribution in [-0.4, -0.2) is 4.98 Å². The lowest BCUT2D eigenvalue weighted by Gasteiger charge is -2.06. The van der Waals surface area contributed by atoms with Gasteiger partial charge in [-0.05, 0) is 42.7 Å². The van der Waals surface area contributed by atoms with Gasteiger partial charge in [-0.2, -0.15) is 5.26 Å². The van der Waals surface area contributed by atoms with Crippen LogP contribution in [0.15, 0.2) is 58.5 Å². The Balaban J connectivity index is 1.82. The molecular weight excluding hydrogens is 406 g/mol. The number of benzene rings is 2. The highest BCUT2D eigenvalue weighted by Gasteiger charge is 2.09. The molecule has 0 aliphatic rings. The molecule has 2 aromatic carbocycles. The molecule has 130 valence electrons. The second kappa shape index (κ2) is 8.31. The topological polar surface area (TPSA) is 48.7 Å². The summed E-state index contributed by atoms with van der Waals surface area (Å²) in [6.45, 7) is 4.16. The van der Waals surface area contributed by atoms with Crippen LogP contribution in [0.25, 0.3) is 16.8 Å². The maximum absolute atomic E-state index is 9.52. The number of allylic oxidation sites excluding steroid dienone is 1. The molecule has 0 amide bonds. The van der Waals surface area contributed by atoms with Gasteiger partial charge >= 0.3 is 0 Å². The van der Waals surface area contributed by atoms with E-state index < -0.39 is 0 Å². The molecular formula is C21H18BrN3S. The number of hydrogen-bond donors (Lipinski definition) is 1. The molecule has 0 aliphatic carbocycles. The average molecular weight is 424 g/mol. The van der Waals surface area contributed by atoms with Crippen LogP contribution in [0.1, 0.15) is 23.1 Å². The minimum Gasteiger partial charge on any atom is -0.360 e. The maximum Gasteiger partial charge on any atom is 0.136 e. The number of halogens is 1. The van der Waals surface area contributed by atoms with Crippen molar-refractivity contribution < 1.29 is 0 Å². The van der Waals surface area contributed by atoms with Gasteiger partial charge in [0.1, 0.15) is 16.6 Å². The van der Waals surface area contributed by atoms with Crippen molar-refractivity contribution in [2.45, 2.75) is 20.3 Å². The summed E-state index contributed by atoms with van der Waals surface area (Å²) in [7, 11) is 0. The molecule has 3 rings (SSSR count). The molecule has 0 unspecified atom stereocenters. The molecule has 0 saturated heterocycles. The van der Waals surface area contributed by atoms with Crippen LogP contribution in [0, 0.1) is 18.3 Å². The third-order valence-corrected chi connectivity index (χ3v) is 5.44. The summed E-state index contributed by atoms with van der Waals surface area (Å²) < 4.78 is 1.03. The molecule has 1 N–H and O–H groups in total. The predicted octanol–water partition coefficient (Wildman–Crippen LogP) is 6.42. The molecule has 3 aromatic rings. The Morgan fingerprint density at radius 3 is 2.69 bits per heavy atom. The van der Waals surface area contributed by atoms with Gasteiger partial charge in [0.05, 0.1) is 5.69 Å². The molecule has 0 radical (unpaired) electrons. The van der Waals surface area contributed by atoms with Crippen molar-refractivity contribution in [3.05, 3.63) is 74.7 Å². The zero-order valence-corrected chi connectivity index (χ0v) is 17.0. The Hall–Kier alpha value is -2.42. The van der Waals surface area contributed by atoms with Crippen LogP contribution in [0.5, 0.6) is 0 Å². The highest BCUT2D eigenvalue weighted by Crippen LogP contribution is 2.27. The van der Waals surface area contributed by atoms with Crippen molar-refractivity contribution in [1.29, 1.82) is 5.26 Å². The van der Waals surface area contributed by atoms with Gasteiger partial charge in [0.25, 0.3) is 0 Å². The lowest BCUT2D eigenvalue weighted by atomic mass is 10.1. The van der Waals surface area contributed by atoms with Crippen molar-refractivity contribution in [2.24, 2.45) is 0 Å². The standard InChI is InChI=1S/C21H18BrN3S/c1-3-15-4-6-16(7-5-15)20-13-26-21(25-20)17(11-23)12-24-19-9-8-18(22)10-14(19)2/h4-10,12-13,24H,3H2,1-2H3/b17-12-. The monoisotopic (exact) mass is 423 g/mol. The summed E-state index contributed by atoms with van der Waals surface area (Å²) in [6, 6.07) is 16.6. The van der Waals surface area contributed by atoms with Crippen LogP contribution in [0.2, 0.25) is 0 Å². The minimum absolute atomic E-state index is 0.522. The summed E-state index contributed by atoms with van der Waals surface area (Å²) >= 11 is 4.94. The van der Waals surface area contributed by atoms with E-state index >= 15 is 0 Å². The highest BCUT2D eigenvalue weighted by atomic mass is 79.9. The van der Waals surface area contributed by atoms with Gasteiger partial charge in [0, 0.05) is 27.3 Å². The van der Waals surface area contributed by atoms with Crippen molar-refractivity contribution in [1.82, 2.24) is 4.98 Å². The van der Waals surface area contributed by atoms with E-state index in [0.717, 1.165) is 33.4 Å². The van der Waals surface area contributed by atoms with Gasteiger partial charge in [0.2, 0.25) is 0 Å². The molecule has 0 saturated carbocycles. The summed E-state index contributed by atoms with van der Waals surface area (Å²) in [6.07, 6.45) is 2.74. The van der Waals surface area contributed by atoms with E-state index in [-0.39, 0.29) is 0 Å². The average Bonchev–Trinajstić information content (AvgIpc) is 3.14. The Labute approximate surface area is 166 Å². The maximum atomic E-state index is 9.52. The normalized spacial score (nSPS) is 11.2. The first kappa shape index (κ1) is 18.4. The first-order valence-corrected chi connectivity index (χ1v) is 9.96. The fourth-order valence-electron chi connectivity index (χ4n) is 2.52. The van der Waals surface area contributed by atoms with Crippen LogP contribution in [0.3, 0.4) is 0 Å². The highest BCUT2D eigenvalue weighted by molar-refractivity contribution is 9.10. The molecule has 3 nitrogen and oxygen atoms in total. The van der Waals surface area contributed by atoms with Gasteiger partial charge in [0.15, 0.2) is 0 Å². The lowest BCUT2D eigenvalue weighted by Crippen LogP contribution is -1.93. The van der Waals surface area contributed by atoms with Crippen molar-refractivity contribution in [2.75, 3.05) is 5.32 Å². The Kier molecular flexibility index (Phi) is 5.87. The number of aryl methyl sites for hydroxylation is 2. The fourth-order valence-corrected chi connectivity index (χ4v) is 3.79. The zero-order valence-electron chi connectivity index (χ0n) is 14.6. The van der Waals surface area contributed by atoms with Crippen molar-refractivity contribution >= 4 is 38.5 Å². The third kappa shape index (κ3) is 4.21. The molecule has 1 heterocycles. The van der Waals surface area contributed by atoms with Crippen LogP contribution in [-0.2, 0) is 6.42 Å². The van der Waals surface area contributed by atoms with E-state index in [1.54, 1.807) is 6.20 Å². The number of nitriles is 1. The van der Waals surface area contributed by atoms with Crippen molar-refractivity contribution in [3.63, 3.8) is 0 Å². The van der Waals surface area contributed by atoms with Gasteiger partial charge in [-0.25, -0.2) is 4.98 Å².